The van der Waals surface area contributed by atoms with Gasteiger partial charge in [0.25, 0.3) is 0 Å². The van der Waals surface area contributed by atoms with Crippen molar-refractivity contribution in [2.75, 3.05) is 0 Å². The first-order valence-corrected chi connectivity index (χ1v) is 5.79. The minimum absolute atomic E-state index is 0.204. The summed E-state index contributed by atoms with van der Waals surface area (Å²) in [6, 6.07) is 5.63. The zero-order valence-corrected chi connectivity index (χ0v) is 10.2. The highest BCUT2D eigenvalue weighted by molar-refractivity contribution is 6.31. The van der Waals surface area contributed by atoms with E-state index in [1.165, 1.54) is 0 Å². The highest BCUT2D eigenvalue weighted by Gasteiger charge is 2.12. The summed E-state index contributed by atoms with van der Waals surface area (Å²) in [6.07, 6.45) is 3.36. The number of hydrogen-bond acceptors (Lipinski definition) is 1. The zero-order chi connectivity index (χ0) is 11.7. The van der Waals surface area contributed by atoms with Crippen LogP contribution in [0.2, 0.25) is 5.02 Å². The van der Waals surface area contributed by atoms with Gasteiger partial charge in [0.1, 0.15) is 0 Å². The molecule has 0 radical (unpaired) electrons. The van der Waals surface area contributed by atoms with Crippen LogP contribution in [-0.2, 0) is 7.05 Å². The first-order chi connectivity index (χ1) is 7.63. The number of rotatable bonds is 3. The average molecular weight is 236 g/mol. The van der Waals surface area contributed by atoms with Crippen LogP contribution >= 0.6 is 11.6 Å². The Labute approximate surface area is 99.8 Å². The topological polar surface area (TPSA) is 22.0 Å². The van der Waals surface area contributed by atoms with Crippen LogP contribution in [0, 0.1) is 0 Å². The molecule has 0 aliphatic heterocycles. The SMILES string of the molecule is CCCC(=O)c1cn(C)c2cc(Cl)ccc12. The van der Waals surface area contributed by atoms with Gasteiger partial charge in [-0.1, -0.05) is 24.6 Å². The van der Waals surface area contributed by atoms with E-state index in [1.807, 2.05) is 42.9 Å². The molecule has 2 aromatic rings. The molecule has 16 heavy (non-hydrogen) atoms. The number of aryl methyl sites for hydroxylation is 1. The number of ketones is 1. The van der Waals surface area contributed by atoms with Gasteiger partial charge in [0.15, 0.2) is 5.78 Å². The molecule has 0 aliphatic carbocycles. The molecule has 0 fully saturated rings. The summed E-state index contributed by atoms with van der Waals surface area (Å²) in [7, 11) is 1.93. The normalized spacial score (nSPS) is 10.9. The van der Waals surface area contributed by atoms with Crippen molar-refractivity contribution in [3.63, 3.8) is 0 Å². The van der Waals surface area contributed by atoms with Crippen LogP contribution in [0.3, 0.4) is 0 Å². The maximum atomic E-state index is 11.9. The van der Waals surface area contributed by atoms with Crippen molar-refractivity contribution in [2.24, 2.45) is 7.05 Å². The Morgan fingerprint density at radius 1 is 1.44 bits per heavy atom. The molecule has 1 aromatic carbocycles. The molecule has 84 valence electrons. The minimum atomic E-state index is 0.204. The van der Waals surface area contributed by atoms with Crippen LogP contribution in [0.15, 0.2) is 24.4 Å². The van der Waals surface area contributed by atoms with E-state index >= 15 is 0 Å². The first kappa shape index (κ1) is 11.2. The Balaban J connectivity index is 2.59. The number of carbonyl (C=O) groups excluding carboxylic acids is 1. The second kappa shape index (κ2) is 4.30. The molecule has 0 aliphatic rings. The van der Waals surface area contributed by atoms with Gasteiger partial charge < -0.3 is 4.57 Å². The van der Waals surface area contributed by atoms with Crippen LogP contribution in [0.4, 0.5) is 0 Å². The smallest absolute Gasteiger partial charge is 0.165 e. The summed E-state index contributed by atoms with van der Waals surface area (Å²) in [5, 5.41) is 1.69. The number of carbonyl (C=O) groups is 1. The molecule has 0 spiro atoms. The summed E-state index contributed by atoms with van der Waals surface area (Å²) >= 11 is 5.94. The van der Waals surface area contributed by atoms with Gasteiger partial charge >= 0.3 is 0 Å². The van der Waals surface area contributed by atoms with Crippen LogP contribution < -0.4 is 0 Å². The Morgan fingerprint density at radius 2 is 2.19 bits per heavy atom. The Kier molecular flexibility index (Phi) is 3.01. The van der Waals surface area contributed by atoms with Gasteiger partial charge in [-0.3, -0.25) is 4.79 Å². The Morgan fingerprint density at radius 3 is 2.88 bits per heavy atom. The molecule has 0 N–H and O–H groups in total. The van der Waals surface area contributed by atoms with Crippen LogP contribution in [0.1, 0.15) is 30.1 Å². The summed E-state index contributed by atoms with van der Waals surface area (Å²) in [4.78, 5) is 11.9. The number of aromatic nitrogens is 1. The lowest BCUT2D eigenvalue weighted by atomic mass is 10.1. The van der Waals surface area contributed by atoms with Gasteiger partial charge in [-0.2, -0.15) is 0 Å². The van der Waals surface area contributed by atoms with Gasteiger partial charge in [0, 0.05) is 41.2 Å². The van der Waals surface area contributed by atoms with Gasteiger partial charge in [-0.25, -0.2) is 0 Å². The van der Waals surface area contributed by atoms with Crippen LogP contribution in [0.5, 0.6) is 0 Å². The summed E-state index contributed by atoms with van der Waals surface area (Å²) < 4.78 is 1.95. The zero-order valence-electron chi connectivity index (χ0n) is 9.46. The fraction of sp³-hybridized carbons (Fsp3) is 0.308. The van der Waals surface area contributed by atoms with E-state index in [2.05, 4.69) is 0 Å². The first-order valence-electron chi connectivity index (χ1n) is 5.41. The number of nitrogens with zero attached hydrogens (tertiary/aromatic N) is 1. The molecule has 0 amide bonds. The lowest BCUT2D eigenvalue weighted by Gasteiger charge is -1.97. The van der Waals surface area contributed by atoms with Gasteiger partial charge in [0.05, 0.1) is 0 Å². The molecule has 0 saturated heterocycles. The van der Waals surface area contributed by atoms with E-state index in [-0.39, 0.29) is 5.78 Å². The lowest BCUT2D eigenvalue weighted by Crippen LogP contribution is -1.96. The maximum Gasteiger partial charge on any atom is 0.165 e. The van der Waals surface area contributed by atoms with Crippen molar-refractivity contribution in [1.82, 2.24) is 4.57 Å². The van der Waals surface area contributed by atoms with Gasteiger partial charge in [-0.15, -0.1) is 0 Å². The third-order valence-electron chi connectivity index (χ3n) is 2.73. The van der Waals surface area contributed by atoms with E-state index in [0.29, 0.717) is 11.4 Å². The van der Waals surface area contributed by atoms with Crippen molar-refractivity contribution in [1.29, 1.82) is 0 Å². The molecular formula is C13H14ClNO. The van der Waals surface area contributed by atoms with Crippen molar-refractivity contribution in [3.8, 4) is 0 Å². The van der Waals surface area contributed by atoms with E-state index in [0.717, 1.165) is 22.9 Å². The van der Waals surface area contributed by atoms with Crippen molar-refractivity contribution in [3.05, 3.63) is 35.0 Å². The highest BCUT2D eigenvalue weighted by Crippen LogP contribution is 2.25. The molecule has 0 bridgehead atoms. The largest absolute Gasteiger partial charge is 0.350 e. The molecule has 0 saturated carbocycles. The lowest BCUT2D eigenvalue weighted by molar-refractivity contribution is 0.0983. The van der Waals surface area contributed by atoms with Crippen molar-refractivity contribution >= 4 is 28.3 Å². The number of Topliss-reactive ketones (excluding diaryl/α,β-unsaturated/α-hetero) is 1. The van der Waals surface area contributed by atoms with Crippen LogP contribution in [-0.4, -0.2) is 10.4 Å². The van der Waals surface area contributed by atoms with Gasteiger partial charge in [-0.05, 0) is 18.6 Å². The second-order valence-corrected chi connectivity index (χ2v) is 4.42. The molecule has 1 heterocycles. The number of fused-ring (bicyclic) bond motifs is 1. The number of hydrogen-bond donors (Lipinski definition) is 0. The summed E-state index contributed by atoms with van der Waals surface area (Å²) in [6.45, 7) is 2.01. The maximum absolute atomic E-state index is 11.9. The fourth-order valence-electron chi connectivity index (χ4n) is 1.94. The fourth-order valence-corrected chi connectivity index (χ4v) is 2.11. The number of benzene rings is 1. The standard InChI is InChI=1S/C13H14ClNO/c1-3-4-13(16)11-8-15(2)12-7-9(14)5-6-10(11)12/h5-8H,3-4H2,1-2H3. The van der Waals surface area contributed by atoms with Crippen molar-refractivity contribution in [2.45, 2.75) is 19.8 Å². The van der Waals surface area contributed by atoms with E-state index < -0.39 is 0 Å². The van der Waals surface area contributed by atoms with E-state index in [4.69, 9.17) is 11.6 Å². The van der Waals surface area contributed by atoms with Crippen molar-refractivity contribution < 1.29 is 4.79 Å². The molecule has 0 atom stereocenters. The third-order valence-corrected chi connectivity index (χ3v) is 2.97. The molecule has 1 aromatic heterocycles. The quantitative estimate of drug-likeness (QED) is 0.742. The molecular weight excluding hydrogens is 222 g/mol. The third kappa shape index (κ3) is 1.85. The van der Waals surface area contributed by atoms with Gasteiger partial charge in [0.2, 0.25) is 0 Å². The molecule has 3 heteroatoms. The van der Waals surface area contributed by atoms with E-state index in [9.17, 15) is 4.79 Å². The minimum Gasteiger partial charge on any atom is -0.350 e. The Hall–Kier alpha value is -1.28. The molecule has 2 rings (SSSR count). The molecule has 0 unspecified atom stereocenters. The summed E-state index contributed by atoms with van der Waals surface area (Å²) in [5.74, 6) is 0.204. The van der Waals surface area contributed by atoms with E-state index in [1.54, 1.807) is 0 Å². The summed E-state index contributed by atoms with van der Waals surface area (Å²) in [5.41, 5.74) is 1.81. The van der Waals surface area contributed by atoms with Crippen LogP contribution in [0.25, 0.3) is 10.9 Å². The monoisotopic (exact) mass is 235 g/mol. The highest BCUT2D eigenvalue weighted by atomic mass is 35.5. The second-order valence-electron chi connectivity index (χ2n) is 3.99. The molecule has 2 nitrogen and oxygen atoms in total. The predicted octanol–water partition coefficient (Wildman–Crippen LogP) is 3.81. The predicted molar refractivity (Wildman–Crippen MR) is 67.2 cm³/mol. The average Bonchev–Trinajstić information content (AvgIpc) is 2.56. The number of halogens is 1. The Bertz CT molecular complexity index is 542.